The lowest BCUT2D eigenvalue weighted by Crippen LogP contribution is -2.24. The molecule has 1 N–H and O–H groups in total. The Balaban J connectivity index is 2.14. The lowest BCUT2D eigenvalue weighted by molar-refractivity contribution is 0.621. The summed E-state index contributed by atoms with van der Waals surface area (Å²) in [5.74, 6) is -0.264. The topological polar surface area (TPSA) is 24.4 Å². The molecule has 2 heterocycles. The molecule has 18 heavy (non-hydrogen) atoms. The quantitative estimate of drug-likeness (QED) is 0.827. The number of rotatable bonds is 1. The molecule has 0 spiro atoms. The minimum Gasteiger partial charge on any atom is -0.365 e. The van der Waals surface area contributed by atoms with Crippen LogP contribution < -0.4 is 5.32 Å². The van der Waals surface area contributed by atoms with Crippen LogP contribution in [0.1, 0.15) is 26.9 Å². The van der Waals surface area contributed by atoms with Crippen molar-refractivity contribution in [1.29, 1.82) is 0 Å². The van der Waals surface area contributed by atoms with Crippen molar-refractivity contribution in [2.24, 2.45) is 4.99 Å². The van der Waals surface area contributed by atoms with Gasteiger partial charge in [0.05, 0.1) is 12.4 Å². The van der Waals surface area contributed by atoms with Crippen LogP contribution in [-0.2, 0) is 0 Å². The van der Waals surface area contributed by atoms with E-state index in [1.807, 2.05) is 6.07 Å². The van der Waals surface area contributed by atoms with E-state index in [1.165, 1.54) is 21.4 Å². The first-order valence-electron chi connectivity index (χ1n) is 5.81. The Morgan fingerprint density at radius 3 is 2.83 bits per heavy atom. The molecule has 1 aromatic heterocycles. The molecule has 2 nitrogen and oxygen atoms in total. The summed E-state index contributed by atoms with van der Waals surface area (Å²) in [7, 11) is 0. The standard InChI is InChI=1S/C14H13FN2S/c1-8-6-11(9(2)18-8)13-10-4-3-5-12(15)14(10)17-7-16-13/h3-7,13H,1-2H3,(H,16,17). The Morgan fingerprint density at radius 1 is 1.28 bits per heavy atom. The van der Waals surface area contributed by atoms with Gasteiger partial charge >= 0.3 is 0 Å². The summed E-state index contributed by atoms with van der Waals surface area (Å²) >= 11 is 1.76. The fourth-order valence-corrected chi connectivity index (χ4v) is 3.33. The summed E-state index contributed by atoms with van der Waals surface area (Å²) in [4.78, 5) is 6.63. The maximum atomic E-state index is 13.7. The second-order valence-electron chi connectivity index (χ2n) is 4.40. The van der Waals surface area contributed by atoms with Crippen LogP contribution in [0, 0.1) is 19.7 Å². The van der Waals surface area contributed by atoms with Crippen molar-refractivity contribution in [2.75, 3.05) is 0 Å². The molecule has 3 rings (SSSR count). The van der Waals surface area contributed by atoms with Gasteiger partial charge in [0.25, 0.3) is 0 Å². The zero-order chi connectivity index (χ0) is 12.7. The van der Waals surface area contributed by atoms with Crippen LogP contribution in [0.15, 0.2) is 29.3 Å². The zero-order valence-electron chi connectivity index (χ0n) is 10.2. The third kappa shape index (κ3) is 1.73. The molecule has 0 bridgehead atoms. The van der Waals surface area contributed by atoms with E-state index in [0.29, 0.717) is 5.69 Å². The Hall–Kier alpha value is -1.68. The maximum Gasteiger partial charge on any atom is 0.149 e. The molecule has 1 aromatic carbocycles. The summed E-state index contributed by atoms with van der Waals surface area (Å²) in [6, 6.07) is 7.27. The number of thiophene rings is 1. The SMILES string of the molecule is Cc1cc(C2NC=Nc3c(F)cccc32)c(C)s1. The number of nitrogens with zero attached hydrogens (tertiary/aromatic N) is 1. The molecule has 92 valence electrons. The average Bonchev–Trinajstić information content (AvgIpc) is 2.68. The number of fused-ring (bicyclic) bond motifs is 1. The van der Waals surface area contributed by atoms with Crippen molar-refractivity contribution in [2.45, 2.75) is 19.9 Å². The highest BCUT2D eigenvalue weighted by Crippen LogP contribution is 2.37. The summed E-state index contributed by atoms with van der Waals surface area (Å²) < 4.78 is 13.7. The van der Waals surface area contributed by atoms with Gasteiger partial charge in [0.2, 0.25) is 0 Å². The van der Waals surface area contributed by atoms with Crippen LogP contribution in [0.2, 0.25) is 0 Å². The molecule has 1 aliphatic heterocycles. The summed E-state index contributed by atoms with van der Waals surface area (Å²) in [6.07, 6.45) is 1.59. The van der Waals surface area contributed by atoms with Gasteiger partial charge in [-0.2, -0.15) is 0 Å². The summed E-state index contributed by atoms with van der Waals surface area (Å²) in [5, 5.41) is 3.22. The number of benzene rings is 1. The van der Waals surface area contributed by atoms with Gasteiger partial charge in [0.15, 0.2) is 0 Å². The van der Waals surface area contributed by atoms with Crippen molar-refractivity contribution >= 4 is 23.4 Å². The van der Waals surface area contributed by atoms with Gasteiger partial charge in [0.1, 0.15) is 11.5 Å². The molecular formula is C14H13FN2S. The highest BCUT2D eigenvalue weighted by atomic mass is 32.1. The molecular weight excluding hydrogens is 247 g/mol. The highest BCUT2D eigenvalue weighted by molar-refractivity contribution is 7.12. The molecule has 1 aliphatic rings. The van der Waals surface area contributed by atoms with Gasteiger partial charge in [-0.05, 0) is 31.5 Å². The lowest BCUT2D eigenvalue weighted by atomic mass is 9.96. The van der Waals surface area contributed by atoms with Crippen molar-refractivity contribution in [1.82, 2.24) is 5.32 Å². The van der Waals surface area contributed by atoms with E-state index in [1.54, 1.807) is 23.7 Å². The largest absolute Gasteiger partial charge is 0.365 e. The van der Waals surface area contributed by atoms with Crippen LogP contribution in [0.4, 0.5) is 10.1 Å². The molecule has 0 fully saturated rings. The normalized spacial score (nSPS) is 17.4. The fourth-order valence-electron chi connectivity index (χ4n) is 2.36. The molecule has 1 unspecified atom stereocenters. The number of hydrogen-bond donors (Lipinski definition) is 1. The molecule has 4 heteroatoms. The van der Waals surface area contributed by atoms with Crippen LogP contribution in [0.25, 0.3) is 0 Å². The minimum absolute atomic E-state index is 0.00171. The monoisotopic (exact) mass is 260 g/mol. The summed E-state index contributed by atoms with van der Waals surface area (Å²) in [5.41, 5.74) is 2.55. The Kier molecular flexibility index (Phi) is 2.67. The van der Waals surface area contributed by atoms with E-state index in [-0.39, 0.29) is 11.9 Å². The van der Waals surface area contributed by atoms with Crippen LogP contribution in [-0.4, -0.2) is 6.34 Å². The molecule has 0 radical (unpaired) electrons. The van der Waals surface area contributed by atoms with Gasteiger partial charge < -0.3 is 5.32 Å². The van der Waals surface area contributed by atoms with Crippen molar-refractivity contribution in [3.63, 3.8) is 0 Å². The lowest BCUT2D eigenvalue weighted by Gasteiger charge is -2.23. The minimum atomic E-state index is -0.264. The number of para-hydroxylation sites is 1. The number of aryl methyl sites for hydroxylation is 2. The number of nitrogens with one attached hydrogen (secondary N) is 1. The van der Waals surface area contributed by atoms with Crippen molar-refractivity contribution in [3.8, 4) is 0 Å². The third-order valence-corrected chi connectivity index (χ3v) is 4.14. The fraction of sp³-hybridized carbons (Fsp3) is 0.214. The van der Waals surface area contributed by atoms with E-state index in [2.05, 4.69) is 30.2 Å². The predicted molar refractivity (Wildman–Crippen MR) is 73.3 cm³/mol. The number of aliphatic imine (C=N–C) groups is 1. The third-order valence-electron chi connectivity index (χ3n) is 3.15. The highest BCUT2D eigenvalue weighted by Gasteiger charge is 2.23. The van der Waals surface area contributed by atoms with Gasteiger partial charge in [0, 0.05) is 15.3 Å². The number of halogens is 1. The van der Waals surface area contributed by atoms with E-state index >= 15 is 0 Å². The van der Waals surface area contributed by atoms with E-state index in [9.17, 15) is 4.39 Å². The van der Waals surface area contributed by atoms with Crippen molar-refractivity contribution < 1.29 is 4.39 Å². The second-order valence-corrected chi connectivity index (χ2v) is 5.86. The van der Waals surface area contributed by atoms with E-state index in [0.717, 1.165) is 5.56 Å². The first kappa shape index (κ1) is 11.4. The van der Waals surface area contributed by atoms with E-state index < -0.39 is 0 Å². The Bertz CT molecular complexity index is 631. The van der Waals surface area contributed by atoms with Gasteiger partial charge in [-0.1, -0.05) is 12.1 Å². The Labute approximate surface area is 109 Å². The Morgan fingerprint density at radius 2 is 2.11 bits per heavy atom. The average molecular weight is 260 g/mol. The molecule has 2 aromatic rings. The molecule has 0 saturated carbocycles. The molecule has 0 amide bonds. The first-order chi connectivity index (χ1) is 8.66. The van der Waals surface area contributed by atoms with Crippen molar-refractivity contribution in [3.05, 3.63) is 51.0 Å². The van der Waals surface area contributed by atoms with Gasteiger partial charge in [-0.3, -0.25) is 0 Å². The predicted octanol–water partition coefficient (Wildman–Crippen LogP) is 3.86. The zero-order valence-corrected chi connectivity index (χ0v) is 11.0. The second kappa shape index (κ2) is 4.21. The van der Waals surface area contributed by atoms with E-state index in [4.69, 9.17) is 0 Å². The first-order valence-corrected chi connectivity index (χ1v) is 6.62. The van der Waals surface area contributed by atoms with Gasteiger partial charge in [-0.15, -0.1) is 11.3 Å². The van der Waals surface area contributed by atoms with Crippen LogP contribution in [0.5, 0.6) is 0 Å². The maximum absolute atomic E-state index is 13.7. The molecule has 0 aliphatic carbocycles. The molecule has 1 atom stereocenters. The smallest absolute Gasteiger partial charge is 0.149 e. The summed E-state index contributed by atoms with van der Waals surface area (Å²) in [6.45, 7) is 4.18. The van der Waals surface area contributed by atoms with Crippen LogP contribution in [0.3, 0.4) is 0 Å². The molecule has 0 saturated heterocycles. The number of hydrogen-bond acceptors (Lipinski definition) is 3. The van der Waals surface area contributed by atoms with Crippen LogP contribution >= 0.6 is 11.3 Å². The van der Waals surface area contributed by atoms with Gasteiger partial charge in [-0.25, -0.2) is 9.38 Å².